The van der Waals surface area contributed by atoms with Gasteiger partial charge in [-0.15, -0.1) is 0 Å². The van der Waals surface area contributed by atoms with Crippen LogP contribution < -0.4 is 22.5 Å². The van der Waals surface area contributed by atoms with Crippen molar-refractivity contribution in [2.24, 2.45) is 0 Å². The van der Waals surface area contributed by atoms with E-state index in [2.05, 4.69) is 9.97 Å². The number of aryl methyl sites for hydroxylation is 2. The number of hydrogen-bond acceptors (Lipinski definition) is 4. The molecular weight excluding hydrogens is 407 g/mol. The molecule has 2 aromatic heterocycles. The van der Waals surface area contributed by atoms with Crippen LogP contribution in [0.25, 0.3) is 0 Å². The Morgan fingerprint density at radius 2 is 0.893 bits per heavy atom. The maximum absolute atomic E-state index is 11.7. The molecule has 2 N–H and O–H groups in total. The van der Waals surface area contributed by atoms with Crippen molar-refractivity contribution in [1.82, 2.24) is 19.1 Å². The molecule has 0 atom stereocenters. The van der Waals surface area contributed by atoms with Crippen LogP contribution in [-0.4, -0.2) is 19.1 Å². The van der Waals surface area contributed by atoms with E-state index in [0.29, 0.717) is 11.4 Å². The number of aromatic amines is 2. The Balaban J connectivity index is 0.000000280. The number of nitrogens with zero attached hydrogens (tertiary/aromatic N) is 2. The van der Waals surface area contributed by atoms with Crippen LogP contribution in [0.1, 0.15) is 52.9 Å². The summed E-state index contributed by atoms with van der Waals surface area (Å²) in [6, 6.07) is 0. The molecule has 10 heteroatoms. The van der Waals surface area contributed by atoms with Crippen LogP contribution >= 0.6 is 23.2 Å². The van der Waals surface area contributed by atoms with Crippen LogP contribution in [0, 0.1) is 13.8 Å². The molecule has 0 aliphatic heterocycles. The van der Waals surface area contributed by atoms with E-state index in [1.54, 1.807) is 55.4 Å². The highest BCUT2D eigenvalue weighted by atomic mass is 35.5. The van der Waals surface area contributed by atoms with Crippen molar-refractivity contribution in [2.75, 3.05) is 0 Å². The number of H-pyrrole nitrogens is 2. The number of halogens is 2. The Morgan fingerprint density at radius 1 is 0.643 bits per heavy atom. The number of aromatic nitrogens is 4. The first-order valence-corrected chi connectivity index (χ1v) is 9.29. The highest BCUT2D eigenvalue weighted by Gasteiger charge is 2.21. The predicted octanol–water partition coefficient (Wildman–Crippen LogP) is 2.51. The van der Waals surface area contributed by atoms with Gasteiger partial charge in [0.25, 0.3) is 11.1 Å². The minimum Gasteiger partial charge on any atom is -0.310 e. The van der Waals surface area contributed by atoms with Crippen molar-refractivity contribution in [2.45, 2.75) is 66.5 Å². The van der Waals surface area contributed by atoms with Gasteiger partial charge in [0, 0.05) is 22.5 Å². The third-order valence-corrected chi connectivity index (χ3v) is 4.67. The van der Waals surface area contributed by atoms with Gasteiger partial charge in [-0.25, -0.2) is 9.59 Å². The molecule has 0 radical (unpaired) electrons. The first kappa shape index (κ1) is 24.0. The maximum Gasteiger partial charge on any atom is 0.329 e. The van der Waals surface area contributed by atoms with Crippen LogP contribution in [0.4, 0.5) is 0 Å². The van der Waals surface area contributed by atoms with Crippen LogP contribution in [0.15, 0.2) is 19.2 Å². The molecule has 156 valence electrons. The highest BCUT2D eigenvalue weighted by molar-refractivity contribution is 6.31. The molecule has 0 saturated heterocycles. The summed E-state index contributed by atoms with van der Waals surface area (Å²) in [5, 5.41) is 0.138. The summed E-state index contributed by atoms with van der Waals surface area (Å²) in [4.78, 5) is 51.4. The van der Waals surface area contributed by atoms with Gasteiger partial charge in [0.2, 0.25) is 0 Å². The van der Waals surface area contributed by atoms with E-state index >= 15 is 0 Å². The molecule has 2 rings (SSSR count). The van der Waals surface area contributed by atoms with Crippen molar-refractivity contribution in [3.8, 4) is 0 Å². The lowest BCUT2D eigenvalue weighted by molar-refractivity contribution is 0.365. The van der Waals surface area contributed by atoms with Crippen molar-refractivity contribution in [3.63, 3.8) is 0 Å². The summed E-state index contributed by atoms with van der Waals surface area (Å²) in [5.41, 5.74) is -2.07. The quantitative estimate of drug-likeness (QED) is 0.665. The average molecular weight is 433 g/mol. The predicted molar refractivity (Wildman–Crippen MR) is 112 cm³/mol. The Kier molecular flexibility index (Phi) is 6.96. The summed E-state index contributed by atoms with van der Waals surface area (Å²) in [7, 11) is 0. The standard InChI is InChI=1S/2C9H13ClN2O2/c2*1-5-6(10)7(13)12(8(14)11-5)9(2,3)4/h2*1-4H3,(H,11,14). The lowest BCUT2D eigenvalue weighted by Gasteiger charge is -2.21. The van der Waals surface area contributed by atoms with Gasteiger partial charge in [0.05, 0.1) is 0 Å². The van der Waals surface area contributed by atoms with Crippen molar-refractivity contribution < 1.29 is 0 Å². The second kappa shape index (κ2) is 8.13. The van der Waals surface area contributed by atoms with E-state index < -0.39 is 33.6 Å². The fraction of sp³-hybridized carbons (Fsp3) is 0.556. The molecule has 0 spiro atoms. The molecule has 0 unspecified atom stereocenters. The molecule has 0 fully saturated rings. The third-order valence-electron chi connectivity index (χ3n) is 3.78. The van der Waals surface area contributed by atoms with Crippen LogP contribution in [0.3, 0.4) is 0 Å². The maximum atomic E-state index is 11.7. The zero-order valence-corrected chi connectivity index (χ0v) is 18.8. The SMILES string of the molecule is Cc1[nH]c(=O)n(C(C)(C)C)c(=O)c1Cl.Cc1[nH]c(=O)n(C(C)(C)C)c(=O)c1Cl. The molecule has 0 bridgehead atoms. The highest BCUT2D eigenvalue weighted by Crippen LogP contribution is 2.11. The molecule has 0 amide bonds. The molecule has 8 nitrogen and oxygen atoms in total. The summed E-state index contributed by atoms with van der Waals surface area (Å²) >= 11 is 11.5. The monoisotopic (exact) mass is 432 g/mol. The van der Waals surface area contributed by atoms with Gasteiger partial charge in [0.1, 0.15) is 10.0 Å². The van der Waals surface area contributed by atoms with Gasteiger partial charge in [-0.1, -0.05) is 23.2 Å². The Labute approximate surface area is 172 Å². The van der Waals surface area contributed by atoms with E-state index in [-0.39, 0.29) is 10.0 Å². The zero-order chi connectivity index (χ0) is 22.2. The smallest absolute Gasteiger partial charge is 0.310 e. The van der Waals surface area contributed by atoms with Crippen molar-refractivity contribution in [3.05, 3.63) is 63.1 Å². The van der Waals surface area contributed by atoms with Gasteiger partial charge in [-0.05, 0) is 55.4 Å². The molecule has 0 aromatic carbocycles. The number of rotatable bonds is 0. The van der Waals surface area contributed by atoms with Gasteiger partial charge >= 0.3 is 11.4 Å². The van der Waals surface area contributed by atoms with Gasteiger partial charge in [-0.3, -0.25) is 18.7 Å². The fourth-order valence-corrected chi connectivity index (χ4v) is 2.73. The molecule has 2 heterocycles. The number of hydrogen-bond donors (Lipinski definition) is 2. The molecular formula is C18H26Cl2N4O4. The molecule has 0 aliphatic rings. The molecule has 28 heavy (non-hydrogen) atoms. The van der Waals surface area contributed by atoms with E-state index in [0.717, 1.165) is 9.13 Å². The first-order valence-electron chi connectivity index (χ1n) is 8.54. The van der Waals surface area contributed by atoms with Gasteiger partial charge in [-0.2, -0.15) is 0 Å². The Morgan fingerprint density at radius 3 is 1.11 bits per heavy atom. The van der Waals surface area contributed by atoms with Crippen LogP contribution in [0.2, 0.25) is 10.0 Å². The zero-order valence-electron chi connectivity index (χ0n) is 17.3. The molecule has 0 aliphatic carbocycles. The normalized spacial score (nSPS) is 11.8. The third kappa shape index (κ3) is 5.05. The summed E-state index contributed by atoms with van der Waals surface area (Å²) in [6.07, 6.45) is 0. The largest absolute Gasteiger partial charge is 0.329 e. The van der Waals surface area contributed by atoms with Crippen LogP contribution in [-0.2, 0) is 11.1 Å². The Hall–Kier alpha value is -2.06. The van der Waals surface area contributed by atoms with Gasteiger partial charge in [0.15, 0.2) is 0 Å². The molecule has 0 saturated carbocycles. The van der Waals surface area contributed by atoms with E-state index in [1.807, 2.05) is 0 Å². The first-order chi connectivity index (χ1) is 12.5. The topological polar surface area (TPSA) is 110 Å². The van der Waals surface area contributed by atoms with E-state index in [4.69, 9.17) is 23.2 Å². The average Bonchev–Trinajstić information content (AvgIpc) is 2.48. The Bertz CT molecular complexity index is 1020. The summed E-state index contributed by atoms with van der Waals surface area (Å²) in [6.45, 7) is 13.8. The minimum absolute atomic E-state index is 0.0690. The lowest BCUT2D eigenvalue weighted by Crippen LogP contribution is -2.45. The fourth-order valence-electron chi connectivity index (χ4n) is 2.46. The van der Waals surface area contributed by atoms with Gasteiger partial charge < -0.3 is 9.97 Å². The van der Waals surface area contributed by atoms with E-state index in [1.165, 1.54) is 0 Å². The van der Waals surface area contributed by atoms with Crippen molar-refractivity contribution >= 4 is 23.2 Å². The second-order valence-corrected chi connectivity index (χ2v) is 9.12. The summed E-state index contributed by atoms with van der Waals surface area (Å²) < 4.78 is 2.23. The number of nitrogens with one attached hydrogen (secondary N) is 2. The van der Waals surface area contributed by atoms with Crippen LogP contribution in [0.5, 0.6) is 0 Å². The minimum atomic E-state index is -0.567. The lowest BCUT2D eigenvalue weighted by atomic mass is 10.1. The van der Waals surface area contributed by atoms with Crippen molar-refractivity contribution in [1.29, 1.82) is 0 Å². The second-order valence-electron chi connectivity index (χ2n) is 8.36. The summed E-state index contributed by atoms with van der Waals surface area (Å²) in [5.74, 6) is 0. The molecule has 2 aromatic rings. The van der Waals surface area contributed by atoms with E-state index in [9.17, 15) is 19.2 Å².